The van der Waals surface area contributed by atoms with Crippen molar-refractivity contribution in [3.63, 3.8) is 0 Å². The molecule has 0 aliphatic heterocycles. The largest absolute Gasteiger partial charge is 0.377 e. The molecular weight excluding hydrogens is 268 g/mol. The summed E-state index contributed by atoms with van der Waals surface area (Å²) in [6, 6.07) is 3.75. The van der Waals surface area contributed by atoms with Crippen LogP contribution in [0.5, 0.6) is 0 Å². The number of aromatic nitrogens is 4. The fourth-order valence-corrected chi connectivity index (χ4v) is 1.73. The van der Waals surface area contributed by atoms with Crippen LogP contribution in [-0.2, 0) is 17.9 Å². The maximum absolute atomic E-state index is 5.10. The van der Waals surface area contributed by atoms with E-state index in [0.29, 0.717) is 19.0 Å². The molecule has 7 nitrogen and oxygen atoms in total. The summed E-state index contributed by atoms with van der Waals surface area (Å²) in [5.41, 5.74) is 0.903. The van der Waals surface area contributed by atoms with Crippen LogP contribution in [-0.4, -0.2) is 33.6 Å². The van der Waals surface area contributed by atoms with Gasteiger partial charge in [-0.3, -0.25) is 0 Å². The first kappa shape index (κ1) is 15.1. The van der Waals surface area contributed by atoms with Crippen molar-refractivity contribution in [2.75, 3.05) is 24.3 Å². The second kappa shape index (κ2) is 8.11. The Labute approximate surface area is 124 Å². The summed E-state index contributed by atoms with van der Waals surface area (Å²) in [5, 5.41) is 6.50. The summed E-state index contributed by atoms with van der Waals surface area (Å²) in [7, 11) is 1.63. The van der Waals surface area contributed by atoms with Crippen LogP contribution in [0.15, 0.2) is 24.7 Å². The molecule has 0 radical (unpaired) electrons. The molecule has 0 saturated heterocycles. The zero-order valence-corrected chi connectivity index (χ0v) is 12.3. The van der Waals surface area contributed by atoms with Crippen molar-refractivity contribution >= 4 is 11.6 Å². The van der Waals surface area contributed by atoms with Crippen molar-refractivity contribution in [3.8, 4) is 0 Å². The number of nitrogens with one attached hydrogen (secondary N) is 2. The summed E-state index contributed by atoms with van der Waals surface area (Å²) in [6.45, 7) is 3.94. The molecule has 2 aromatic heterocycles. The van der Waals surface area contributed by atoms with Crippen LogP contribution in [0.1, 0.15) is 24.9 Å². The summed E-state index contributed by atoms with van der Waals surface area (Å²) in [5.74, 6) is 2.18. The van der Waals surface area contributed by atoms with Gasteiger partial charge in [-0.2, -0.15) is 0 Å². The normalized spacial score (nSPS) is 10.4. The van der Waals surface area contributed by atoms with Crippen LogP contribution in [0.3, 0.4) is 0 Å². The van der Waals surface area contributed by atoms with Crippen molar-refractivity contribution in [3.05, 3.63) is 36.2 Å². The minimum Gasteiger partial charge on any atom is -0.377 e. The quantitative estimate of drug-likeness (QED) is 0.766. The van der Waals surface area contributed by atoms with Gasteiger partial charge in [0.05, 0.1) is 12.2 Å². The molecule has 0 aromatic carbocycles. The Morgan fingerprint density at radius 1 is 1.19 bits per heavy atom. The minimum atomic E-state index is 0.379. The third-order valence-electron chi connectivity index (χ3n) is 2.70. The number of anilines is 2. The van der Waals surface area contributed by atoms with Gasteiger partial charge in [-0.05, 0) is 12.5 Å². The van der Waals surface area contributed by atoms with Gasteiger partial charge in [0.25, 0.3) is 0 Å². The average molecular weight is 288 g/mol. The first-order chi connectivity index (χ1) is 10.3. The van der Waals surface area contributed by atoms with E-state index in [9.17, 15) is 0 Å². The van der Waals surface area contributed by atoms with Crippen LogP contribution >= 0.6 is 0 Å². The molecule has 0 spiro atoms. The third kappa shape index (κ3) is 4.96. The molecule has 2 heterocycles. The van der Waals surface area contributed by atoms with E-state index in [1.807, 2.05) is 12.1 Å². The summed E-state index contributed by atoms with van der Waals surface area (Å²) in [6.07, 6.45) is 4.28. The average Bonchev–Trinajstić information content (AvgIpc) is 2.52. The van der Waals surface area contributed by atoms with Crippen LogP contribution < -0.4 is 10.6 Å². The Morgan fingerprint density at radius 3 is 2.67 bits per heavy atom. The molecule has 0 fully saturated rings. The first-order valence-electron chi connectivity index (χ1n) is 6.91. The fourth-order valence-electron chi connectivity index (χ4n) is 1.73. The van der Waals surface area contributed by atoms with Gasteiger partial charge in [0, 0.05) is 25.9 Å². The number of ether oxygens (including phenoxy) is 1. The van der Waals surface area contributed by atoms with Crippen molar-refractivity contribution in [2.45, 2.75) is 26.5 Å². The molecule has 0 saturated carbocycles. The van der Waals surface area contributed by atoms with Crippen molar-refractivity contribution in [1.29, 1.82) is 0 Å². The van der Waals surface area contributed by atoms with Gasteiger partial charge in [0.1, 0.15) is 24.6 Å². The van der Waals surface area contributed by atoms with E-state index in [-0.39, 0.29) is 0 Å². The fraction of sp³-hybridized carbons (Fsp3) is 0.429. The van der Waals surface area contributed by atoms with Gasteiger partial charge in [-0.15, -0.1) is 0 Å². The standard InChI is InChI=1S/C14H20N6O/c1-3-5-16-12-7-13(20-14(19-12)9-21-2)17-8-11-4-6-15-10-18-11/h4,6-7,10H,3,5,8-9H2,1-2H3,(H2,16,17,19,20). The van der Waals surface area contributed by atoms with E-state index in [4.69, 9.17) is 4.74 Å². The maximum atomic E-state index is 5.10. The van der Waals surface area contributed by atoms with Gasteiger partial charge in [0.2, 0.25) is 0 Å². The molecule has 0 bridgehead atoms. The van der Waals surface area contributed by atoms with Crippen LogP contribution in [0, 0.1) is 0 Å². The van der Waals surface area contributed by atoms with Crippen LogP contribution in [0.4, 0.5) is 11.6 Å². The lowest BCUT2D eigenvalue weighted by atomic mass is 10.4. The molecule has 7 heteroatoms. The molecule has 21 heavy (non-hydrogen) atoms. The van der Waals surface area contributed by atoms with E-state index >= 15 is 0 Å². The Balaban J connectivity index is 2.07. The van der Waals surface area contributed by atoms with E-state index in [1.54, 1.807) is 13.3 Å². The third-order valence-corrected chi connectivity index (χ3v) is 2.70. The molecule has 2 N–H and O–H groups in total. The topological polar surface area (TPSA) is 84.9 Å². The van der Waals surface area contributed by atoms with Crippen molar-refractivity contribution in [2.24, 2.45) is 0 Å². The number of hydrogen-bond donors (Lipinski definition) is 2. The Hall–Kier alpha value is -2.28. The highest BCUT2D eigenvalue weighted by atomic mass is 16.5. The van der Waals surface area contributed by atoms with Crippen LogP contribution in [0.25, 0.3) is 0 Å². The Bertz CT molecular complexity index is 548. The molecule has 0 aliphatic carbocycles. The van der Waals surface area contributed by atoms with Gasteiger partial charge in [-0.1, -0.05) is 6.92 Å². The smallest absolute Gasteiger partial charge is 0.158 e. The molecular formula is C14H20N6O. The van der Waals surface area contributed by atoms with E-state index < -0.39 is 0 Å². The molecule has 0 atom stereocenters. The lowest BCUT2D eigenvalue weighted by Gasteiger charge is -2.10. The lowest BCUT2D eigenvalue weighted by molar-refractivity contribution is 0.178. The van der Waals surface area contributed by atoms with Crippen LogP contribution in [0.2, 0.25) is 0 Å². The lowest BCUT2D eigenvalue weighted by Crippen LogP contribution is -2.10. The highest BCUT2D eigenvalue weighted by Gasteiger charge is 2.05. The summed E-state index contributed by atoms with van der Waals surface area (Å²) < 4.78 is 5.10. The highest BCUT2D eigenvalue weighted by Crippen LogP contribution is 2.13. The maximum Gasteiger partial charge on any atom is 0.158 e. The van der Waals surface area contributed by atoms with Gasteiger partial charge >= 0.3 is 0 Å². The van der Waals surface area contributed by atoms with E-state index in [1.165, 1.54) is 6.33 Å². The van der Waals surface area contributed by atoms with Gasteiger partial charge in [-0.25, -0.2) is 19.9 Å². The highest BCUT2D eigenvalue weighted by molar-refractivity contribution is 5.47. The van der Waals surface area contributed by atoms with E-state index in [2.05, 4.69) is 37.5 Å². The second-order valence-electron chi connectivity index (χ2n) is 4.47. The molecule has 2 aromatic rings. The zero-order valence-electron chi connectivity index (χ0n) is 12.3. The Kier molecular flexibility index (Phi) is 5.83. The molecule has 0 amide bonds. The van der Waals surface area contributed by atoms with E-state index in [0.717, 1.165) is 30.3 Å². The predicted octanol–water partition coefficient (Wildman–Crippen LogP) is 1.85. The number of nitrogens with zero attached hydrogens (tertiary/aromatic N) is 4. The summed E-state index contributed by atoms with van der Waals surface area (Å²) >= 11 is 0. The predicted molar refractivity (Wildman–Crippen MR) is 80.9 cm³/mol. The van der Waals surface area contributed by atoms with Crippen molar-refractivity contribution in [1.82, 2.24) is 19.9 Å². The Morgan fingerprint density at radius 2 is 2.00 bits per heavy atom. The molecule has 112 valence electrons. The van der Waals surface area contributed by atoms with Gasteiger partial charge in [0.15, 0.2) is 5.82 Å². The SMILES string of the molecule is CCCNc1cc(NCc2ccncn2)nc(COC)n1. The molecule has 2 rings (SSSR count). The second-order valence-corrected chi connectivity index (χ2v) is 4.47. The zero-order chi connectivity index (χ0) is 14.9. The summed E-state index contributed by atoms with van der Waals surface area (Å²) in [4.78, 5) is 16.9. The first-order valence-corrected chi connectivity index (χ1v) is 6.91. The number of hydrogen-bond acceptors (Lipinski definition) is 7. The molecule has 0 unspecified atom stereocenters. The monoisotopic (exact) mass is 288 g/mol. The van der Waals surface area contributed by atoms with Gasteiger partial charge < -0.3 is 15.4 Å². The molecule has 0 aliphatic rings. The number of methoxy groups -OCH3 is 1. The van der Waals surface area contributed by atoms with Crippen molar-refractivity contribution < 1.29 is 4.74 Å². The number of rotatable bonds is 8. The minimum absolute atomic E-state index is 0.379.